The SMILES string of the molecule is C=CC(=O)OCCCOC(=O)CCC(=O)OCCCOC(=O)C=C. The zero-order valence-corrected chi connectivity index (χ0v) is 13.5. The van der Waals surface area contributed by atoms with E-state index in [0.29, 0.717) is 12.8 Å². The van der Waals surface area contributed by atoms with E-state index in [0.717, 1.165) is 12.2 Å². The maximum atomic E-state index is 11.4. The second-order valence-electron chi connectivity index (χ2n) is 4.39. The molecule has 0 rings (SSSR count). The maximum absolute atomic E-state index is 11.4. The minimum Gasteiger partial charge on any atom is -0.466 e. The highest BCUT2D eigenvalue weighted by atomic mass is 16.6. The Balaban J connectivity index is 3.52. The quantitative estimate of drug-likeness (QED) is 0.212. The summed E-state index contributed by atoms with van der Waals surface area (Å²) in [7, 11) is 0. The monoisotopic (exact) mass is 342 g/mol. The van der Waals surface area contributed by atoms with Crippen LogP contribution in [0.15, 0.2) is 25.3 Å². The third-order valence-corrected chi connectivity index (χ3v) is 2.46. The Hall–Kier alpha value is -2.64. The summed E-state index contributed by atoms with van der Waals surface area (Å²) in [4.78, 5) is 44.2. The molecule has 0 bridgehead atoms. The third kappa shape index (κ3) is 13.1. The van der Waals surface area contributed by atoms with Gasteiger partial charge in [-0.05, 0) is 0 Å². The first-order valence-electron chi connectivity index (χ1n) is 7.39. The van der Waals surface area contributed by atoms with E-state index in [2.05, 4.69) is 13.2 Å². The van der Waals surface area contributed by atoms with Gasteiger partial charge in [-0.15, -0.1) is 0 Å². The molecule has 0 heterocycles. The minimum absolute atomic E-state index is 0.0903. The van der Waals surface area contributed by atoms with Gasteiger partial charge in [-0.3, -0.25) is 9.59 Å². The molecular formula is C16H22O8. The largest absolute Gasteiger partial charge is 0.466 e. The first kappa shape index (κ1) is 21.4. The summed E-state index contributed by atoms with van der Waals surface area (Å²) in [5.74, 6) is -2.16. The highest BCUT2D eigenvalue weighted by molar-refractivity contribution is 5.81. The van der Waals surface area contributed by atoms with Crippen molar-refractivity contribution in [2.24, 2.45) is 0 Å². The van der Waals surface area contributed by atoms with Crippen LogP contribution in [0.3, 0.4) is 0 Å². The summed E-state index contributed by atoms with van der Waals surface area (Å²) in [5, 5.41) is 0. The van der Waals surface area contributed by atoms with Gasteiger partial charge in [0.2, 0.25) is 0 Å². The topological polar surface area (TPSA) is 105 Å². The summed E-state index contributed by atoms with van der Waals surface area (Å²) in [6, 6.07) is 0. The smallest absolute Gasteiger partial charge is 0.330 e. The van der Waals surface area contributed by atoms with Crippen LogP contribution < -0.4 is 0 Å². The van der Waals surface area contributed by atoms with Gasteiger partial charge in [0.25, 0.3) is 0 Å². The number of carbonyl (C=O) groups is 4. The lowest BCUT2D eigenvalue weighted by Gasteiger charge is -2.06. The molecule has 0 aromatic rings. The molecule has 0 unspecified atom stereocenters. The highest BCUT2D eigenvalue weighted by Gasteiger charge is 2.09. The van der Waals surface area contributed by atoms with Crippen molar-refractivity contribution in [3.63, 3.8) is 0 Å². The predicted octanol–water partition coefficient (Wildman–Crippen LogP) is 1.09. The fraction of sp³-hybridized carbons (Fsp3) is 0.500. The molecule has 0 aromatic heterocycles. The average Bonchev–Trinajstić information content (AvgIpc) is 2.58. The van der Waals surface area contributed by atoms with Gasteiger partial charge in [-0.2, -0.15) is 0 Å². The van der Waals surface area contributed by atoms with Crippen molar-refractivity contribution in [1.82, 2.24) is 0 Å². The second-order valence-corrected chi connectivity index (χ2v) is 4.39. The van der Waals surface area contributed by atoms with Crippen molar-refractivity contribution < 1.29 is 38.1 Å². The highest BCUT2D eigenvalue weighted by Crippen LogP contribution is 1.98. The maximum Gasteiger partial charge on any atom is 0.330 e. The molecule has 0 saturated carbocycles. The molecule has 0 saturated heterocycles. The molecule has 8 heteroatoms. The van der Waals surface area contributed by atoms with E-state index in [4.69, 9.17) is 18.9 Å². The van der Waals surface area contributed by atoms with Crippen molar-refractivity contribution in [3.05, 3.63) is 25.3 Å². The molecule has 0 N–H and O–H groups in total. The Bertz CT molecular complexity index is 413. The molecule has 0 fully saturated rings. The average molecular weight is 342 g/mol. The van der Waals surface area contributed by atoms with Crippen LogP contribution >= 0.6 is 0 Å². The summed E-state index contributed by atoms with van der Waals surface area (Å²) in [6.45, 7) is 6.91. The molecule has 0 aromatic carbocycles. The van der Waals surface area contributed by atoms with Gasteiger partial charge >= 0.3 is 23.9 Å². The normalized spacial score (nSPS) is 9.50. The van der Waals surface area contributed by atoms with E-state index in [1.807, 2.05) is 0 Å². The Labute approximate surface area is 140 Å². The molecule has 24 heavy (non-hydrogen) atoms. The number of rotatable bonds is 13. The van der Waals surface area contributed by atoms with Gasteiger partial charge in [0.1, 0.15) is 0 Å². The molecule has 134 valence electrons. The Morgan fingerprint density at radius 1 is 0.625 bits per heavy atom. The van der Waals surface area contributed by atoms with Crippen LogP contribution in [0.1, 0.15) is 25.7 Å². The van der Waals surface area contributed by atoms with Gasteiger partial charge in [-0.25, -0.2) is 9.59 Å². The van der Waals surface area contributed by atoms with Crippen molar-refractivity contribution >= 4 is 23.9 Å². The van der Waals surface area contributed by atoms with Crippen molar-refractivity contribution in [3.8, 4) is 0 Å². The fourth-order valence-electron chi connectivity index (χ4n) is 1.30. The molecule has 0 aliphatic heterocycles. The number of ether oxygens (including phenoxy) is 4. The number of esters is 4. The van der Waals surface area contributed by atoms with Crippen LogP contribution in [0.25, 0.3) is 0 Å². The van der Waals surface area contributed by atoms with E-state index in [1.54, 1.807) is 0 Å². The lowest BCUT2D eigenvalue weighted by molar-refractivity contribution is -0.151. The Morgan fingerprint density at radius 2 is 0.958 bits per heavy atom. The summed E-state index contributed by atoms with van der Waals surface area (Å²) in [5.41, 5.74) is 0. The zero-order valence-electron chi connectivity index (χ0n) is 13.5. The van der Waals surface area contributed by atoms with E-state index in [9.17, 15) is 19.2 Å². The lowest BCUT2D eigenvalue weighted by Crippen LogP contribution is -2.13. The number of carbonyl (C=O) groups excluding carboxylic acids is 4. The van der Waals surface area contributed by atoms with Gasteiger partial charge < -0.3 is 18.9 Å². The molecular weight excluding hydrogens is 320 g/mol. The lowest BCUT2D eigenvalue weighted by atomic mass is 10.3. The fourth-order valence-corrected chi connectivity index (χ4v) is 1.30. The predicted molar refractivity (Wildman–Crippen MR) is 82.7 cm³/mol. The molecule has 0 radical (unpaired) electrons. The van der Waals surface area contributed by atoms with Crippen LogP contribution in [0, 0.1) is 0 Å². The van der Waals surface area contributed by atoms with Crippen molar-refractivity contribution in [2.45, 2.75) is 25.7 Å². The molecule has 0 amide bonds. The third-order valence-electron chi connectivity index (χ3n) is 2.46. The summed E-state index contributed by atoms with van der Waals surface area (Å²) < 4.78 is 19.1. The Morgan fingerprint density at radius 3 is 1.29 bits per heavy atom. The van der Waals surface area contributed by atoms with Crippen LogP contribution in [-0.4, -0.2) is 50.3 Å². The second kappa shape index (κ2) is 14.0. The number of hydrogen-bond acceptors (Lipinski definition) is 8. The molecule has 0 aliphatic carbocycles. The van der Waals surface area contributed by atoms with E-state index in [1.165, 1.54) is 0 Å². The van der Waals surface area contributed by atoms with E-state index < -0.39 is 23.9 Å². The van der Waals surface area contributed by atoms with Crippen LogP contribution in [0.4, 0.5) is 0 Å². The van der Waals surface area contributed by atoms with Crippen molar-refractivity contribution in [2.75, 3.05) is 26.4 Å². The van der Waals surface area contributed by atoms with E-state index in [-0.39, 0.29) is 39.3 Å². The standard InChI is InChI=1S/C16H22O8/c1-3-13(17)21-9-5-11-23-15(19)7-8-16(20)24-12-6-10-22-14(18)4-2/h3-4H,1-2,5-12H2. The van der Waals surface area contributed by atoms with Gasteiger partial charge in [0.15, 0.2) is 0 Å². The molecule has 0 atom stereocenters. The van der Waals surface area contributed by atoms with Gasteiger partial charge in [0, 0.05) is 25.0 Å². The number of hydrogen-bond donors (Lipinski definition) is 0. The van der Waals surface area contributed by atoms with Crippen molar-refractivity contribution in [1.29, 1.82) is 0 Å². The summed E-state index contributed by atoms with van der Waals surface area (Å²) >= 11 is 0. The first-order valence-corrected chi connectivity index (χ1v) is 7.39. The minimum atomic E-state index is -0.540. The summed E-state index contributed by atoms with van der Waals surface area (Å²) in [6.07, 6.45) is 2.61. The van der Waals surface area contributed by atoms with Crippen LogP contribution in [-0.2, 0) is 38.1 Å². The van der Waals surface area contributed by atoms with Crippen LogP contribution in [0.5, 0.6) is 0 Å². The molecule has 0 aliphatic rings. The van der Waals surface area contributed by atoms with Crippen LogP contribution in [0.2, 0.25) is 0 Å². The Kier molecular flexibility index (Phi) is 12.4. The van der Waals surface area contributed by atoms with Gasteiger partial charge in [-0.1, -0.05) is 13.2 Å². The first-order chi connectivity index (χ1) is 11.5. The zero-order chi connectivity index (χ0) is 18.2. The molecule has 0 spiro atoms. The molecule has 8 nitrogen and oxygen atoms in total. The van der Waals surface area contributed by atoms with E-state index >= 15 is 0 Å². The van der Waals surface area contributed by atoms with Gasteiger partial charge in [0.05, 0.1) is 39.3 Å².